The number of nitrogens with two attached hydrogens (primary N) is 2. The van der Waals surface area contributed by atoms with E-state index >= 15 is 0 Å². The highest BCUT2D eigenvalue weighted by atomic mass is 16.5. The molecule has 2 aliphatic rings. The molecule has 0 aromatic heterocycles. The normalized spacial score (nSPS) is 30.2. The molecule has 0 amide bonds. The lowest BCUT2D eigenvalue weighted by Gasteiger charge is -2.21. The topological polar surface area (TPSA) is 116 Å². The Hall–Kier alpha value is -1.40. The lowest BCUT2D eigenvalue weighted by atomic mass is 10.0. The van der Waals surface area contributed by atoms with Gasteiger partial charge in [0, 0.05) is 5.92 Å². The van der Waals surface area contributed by atoms with E-state index < -0.39 is 18.1 Å². The van der Waals surface area contributed by atoms with Crippen molar-refractivity contribution in [2.24, 2.45) is 23.3 Å². The van der Waals surface area contributed by atoms with Crippen molar-refractivity contribution in [3.8, 4) is 0 Å². The molecule has 112 valence electrons. The van der Waals surface area contributed by atoms with Gasteiger partial charge in [-0.3, -0.25) is 9.59 Å². The molecular weight excluding hydrogens is 260 g/mol. The Morgan fingerprint density at radius 2 is 1.90 bits per heavy atom. The summed E-state index contributed by atoms with van der Waals surface area (Å²) in [7, 11) is 0. The molecule has 0 aromatic carbocycles. The number of ether oxygens (including phenoxy) is 1. The molecule has 20 heavy (non-hydrogen) atoms. The molecule has 5 unspecified atom stereocenters. The van der Waals surface area contributed by atoms with Crippen LogP contribution in [0.1, 0.15) is 32.1 Å². The van der Waals surface area contributed by atoms with Gasteiger partial charge in [0.2, 0.25) is 0 Å². The summed E-state index contributed by atoms with van der Waals surface area (Å²) in [6.07, 6.45) is 7.43. The zero-order valence-corrected chi connectivity index (χ0v) is 11.4. The van der Waals surface area contributed by atoms with E-state index in [1.165, 1.54) is 0 Å². The summed E-state index contributed by atoms with van der Waals surface area (Å²) in [4.78, 5) is 22.4. The number of carboxylic acid groups (broad SMARTS) is 1. The highest BCUT2D eigenvalue weighted by Gasteiger charge is 2.38. The summed E-state index contributed by atoms with van der Waals surface area (Å²) in [5.74, 6) is -0.533. The van der Waals surface area contributed by atoms with Gasteiger partial charge in [0.05, 0.1) is 0 Å². The second-order valence-electron chi connectivity index (χ2n) is 5.74. The standard InChI is InChI=1S/C14H22N2O4/c15-10(13(17)18)2-1-3-11(16)14(19)20-12-7-8-4-5-9(12)6-8/h4-5,8-12H,1-3,6-7,15-16H2,(H,17,18). The first kappa shape index (κ1) is 15.0. The van der Waals surface area contributed by atoms with Crippen LogP contribution in [-0.4, -0.2) is 35.2 Å². The van der Waals surface area contributed by atoms with Crippen LogP contribution < -0.4 is 11.5 Å². The third-order valence-electron chi connectivity index (χ3n) is 4.14. The van der Waals surface area contributed by atoms with E-state index in [1.807, 2.05) is 0 Å². The Bertz CT molecular complexity index is 410. The number of carbonyl (C=O) groups is 2. The van der Waals surface area contributed by atoms with Crippen LogP contribution in [0.15, 0.2) is 12.2 Å². The summed E-state index contributed by atoms with van der Waals surface area (Å²) in [6, 6.07) is -1.59. The van der Waals surface area contributed by atoms with E-state index in [0.29, 0.717) is 31.1 Å². The van der Waals surface area contributed by atoms with Crippen molar-refractivity contribution >= 4 is 11.9 Å². The van der Waals surface area contributed by atoms with Gasteiger partial charge in [-0.25, -0.2) is 0 Å². The van der Waals surface area contributed by atoms with Gasteiger partial charge in [-0.15, -0.1) is 0 Å². The molecule has 5 N–H and O–H groups in total. The average molecular weight is 282 g/mol. The van der Waals surface area contributed by atoms with Gasteiger partial charge >= 0.3 is 11.9 Å². The quantitative estimate of drug-likeness (QED) is 0.460. The molecule has 0 spiro atoms. The highest BCUT2D eigenvalue weighted by Crippen LogP contribution is 2.40. The Morgan fingerprint density at radius 1 is 1.20 bits per heavy atom. The van der Waals surface area contributed by atoms with Crippen molar-refractivity contribution in [1.82, 2.24) is 0 Å². The van der Waals surface area contributed by atoms with E-state index in [9.17, 15) is 9.59 Å². The van der Waals surface area contributed by atoms with Crippen LogP contribution in [0, 0.1) is 11.8 Å². The summed E-state index contributed by atoms with van der Waals surface area (Å²) in [5, 5.41) is 8.65. The molecule has 6 nitrogen and oxygen atoms in total. The van der Waals surface area contributed by atoms with Gasteiger partial charge in [0.1, 0.15) is 18.2 Å². The highest BCUT2D eigenvalue weighted by molar-refractivity contribution is 5.75. The zero-order chi connectivity index (χ0) is 14.7. The fraction of sp³-hybridized carbons (Fsp3) is 0.714. The first-order chi connectivity index (χ1) is 9.47. The number of esters is 1. The number of aliphatic carboxylic acids is 1. The maximum Gasteiger partial charge on any atom is 0.323 e. The van der Waals surface area contributed by atoms with Gasteiger partial charge in [-0.1, -0.05) is 12.2 Å². The largest absolute Gasteiger partial charge is 0.480 e. The van der Waals surface area contributed by atoms with Crippen LogP contribution in [0.3, 0.4) is 0 Å². The minimum atomic E-state index is -1.03. The van der Waals surface area contributed by atoms with Crippen molar-refractivity contribution in [2.75, 3.05) is 0 Å². The van der Waals surface area contributed by atoms with E-state index in [2.05, 4.69) is 12.2 Å². The number of carboxylic acids is 1. The Balaban J connectivity index is 1.67. The predicted molar refractivity (Wildman–Crippen MR) is 72.7 cm³/mol. The maximum absolute atomic E-state index is 11.9. The second kappa shape index (κ2) is 6.37. The van der Waals surface area contributed by atoms with Crippen molar-refractivity contribution in [3.05, 3.63) is 12.2 Å². The number of carbonyl (C=O) groups excluding carboxylic acids is 1. The molecule has 2 aliphatic carbocycles. The van der Waals surface area contributed by atoms with Gasteiger partial charge in [-0.2, -0.15) is 0 Å². The molecule has 0 saturated heterocycles. The number of hydrogen-bond acceptors (Lipinski definition) is 5. The molecular formula is C14H22N2O4. The Labute approximate surface area is 118 Å². The van der Waals surface area contributed by atoms with Gasteiger partial charge in [0.25, 0.3) is 0 Å². The molecule has 1 fully saturated rings. The van der Waals surface area contributed by atoms with Crippen LogP contribution in [0.5, 0.6) is 0 Å². The van der Waals surface area contributed by atoms with Crippen LogP contribution in [0.4, 0.5) is 0 Å². The lowest BCUT2D eigenvalue weighted by Crippen LogP contribution is -2.37. The molecule has 0 heterocycles. The van der Waals surface area contributed by atoms with Crippen molar-refractivity contribution in [1.29, 1.82) is 0 Å². The van der Waals surface area contributed by atoms with Crippen LogP contribution in [0.25, 0.3) is 0 Å². The van der Waals surface area contributed by atoms with Gasteiger partial charge in [0.15, 0.2) is 0 Å². The van der Waals surface area contributed by atoms with E-state index in [1.54, 1.807) is 0 Å². The van der Waals surface area contributed by atoms with Crippen LogP contribution in [0.2, 0.25) is 0 Å². The summed E-state index contributed by atoms with van der Waals surface area (Å²) in [5.41, 5.74) is 11.2. The Kier molecular flexibility index (Phi) is 4.77. The fourth-order valence-corrected chi connectivity index (χ4v) is 2.90. The first-order valence-electron chi connectivity index (χ1n) is 7.10. The van der Waals surface area contributed by atoms with Crippen LogP contribution >= 0.6 is 0 Å². The summed E-state index contributed by atoms with van der Waals surface area (Å²) in [6.45, 7) is 0. The number of hydrogen-bond donors (Lipinski definition) is 3. The van der Waals surface area contributed by atoms with Crippen molar-refractivity contribution in [2.45, 2.75) is 50.3 Å². The lowest BCUT2D eigenvalue weighted by molar-refractivity contribution is -0.152. The van der Waals surface area contributed by atoms with E-state index in [-0.39, 0.29) is 12.1 Å². The van der Waals surface area contributed by atoms with Gasteiger partial charge < -0.3 is 21.3 Å². The minimum Gasteiger partial charge on any atom is -0.480 e. The number of allylic oxidation sites excluding steroid dienone is 1. The third kappa shape index (κ3) is 3.58. The molecule has 0 aliphatic heterocycles. The predicted octanol–water partition coefficient (Wildman–Crippen LogP) is 0.404. The average Bonchev–Trinajstić information content (AvgIpc) is 3.00. The molecule has 0 aromatic rings. The SMILES string of the molecule is NC(CCCC(N)C(=O)OC1CC2C=CC1C2)C(=O)O. The fourth-order valence-electron chi connectivity index (χ4n) is 2.90. The molecule has 6 heteroatoms. The van der Waals surface area contributed by atoms with E-state index in [4.69, 9.17) is 21.3 Å². The van der Waals surface area contributed by atoms with Gasteiger partial charge in [-0.05, 0) is 38.0 Å². The summed E-state index contributed by atoms with van der Waals surface area (Å²) < 4.78 is 5.45. The monoisotopic (exact) mass is 282 g/mol. The molecule has 1 saturated carbocycles. The molecule has 2 rings (SSSR count). The number of rotatable bonds is 7. The van der Waals surface area contributed by atoms with Crippen LogP contribution in [-0.2, 0) is 14.3 Å². The second-order valence-corrected chi connectivity index (χ2v) is 5.74. The first-order valence-corrected chi connectivity index (χ1v) is 7.10. The summed E-state index contributed by atoms with van der Waals surface area (Å²) >= 11 is 0. The Morgan fingerprint density at radius 3 is 2.45 bits per heavy atom. The number of fused-ring (bicyclic) bond motifs is 2. The maximum atomic E-state index is 11.9. The molecule has 2 bridgehead atoms. The zero-order valence-electron chi connectivity index (χ0n) is 11.4. The van der Waals surface area contributed by atoms with Crippen molar-refractivity contribution in [3.63, 3.8) is 0 Å². The molecule has 5 atom stereocenters. The minimum absolute atomic E-state index is 0.0372. The molecule has 0 radical (unpaired) electrons. The smallest absolute Gasteiger partial charge is 0.323 e. The van der Waals surface area contributed by atoms with Crippen molar-refractivity contribution < 1.29 is 19.4 Å². The third-order valence-corrected chi connectivity index (χ3v) is 4.14. The van der Waals surface area contributed by atoms with E-state index in [0.717, 1.165) is 12.8 Å².